The molecule has 2 rings (SSSR count). The summed E-state index contributed by atoms with van der Waals surface area (Å²) >= 11 is 5.09. The lowest BCUT2D eigenvalue weighted by molar-refractivity contribution is -0.116. The molecule has 0 atom stereocenters. The molecule has 0 fully saturated rings. The van der Waals surface area contributed by atoms with E-state index in [9.17, 15) is 4.79 Å². The highest BCUT2D eigenvalue weighted by Crippen LogP contribution is 2.20. The molecule has 0 spiro atoms. The second-order valence-electron chi connectivity index (χ2n) is 5.51. The van der Waals surface area contributed by atoms with Crippen molar-refractivity contribution < 1.29 is 4.79 Å². The number of amides is 1. The highest BCUT2D eigenvalue weighted by atomic mass is 79.9. The monoisotopic (exact) mass is 422 g/mol. The predicted octanol–water partition coefficient (Wildman–Crippen LogP) is 3.90. The van der Waals surface area contributed by atoms with Gasteiger partial charge in [-0.2, -0.15) is 11.3 Å². The summed E-state index contributed by atoms with van der Waals surface area (Å²) in [6.45, 7) is 5.92. The number of guanidine groups is 1. The van der Waals surface area contributed by atoms with Crippen LogP contribution < -0.4 is 16.0 Å². The van der Waals surface area contributed by atoms with E-state index in [2.05, 4.69) is 48.3 Å². The molecule has 1 amide bonds. The van der Waals surface area contributed by atoms with E-state index in [0.717, 1.165) is 28.2 Å². The Hall–Kier alpha value is -1.86. The Morgan fingerprint density at radius 1 is 1.28 bits per heavy atom. The number of benzene rings is 1. The summed E-state index contributed by atoms with van der Waals surface area (Å²) < 4.78 is 1.00. The Kier molecular flexibility index (Phi) is 7.94. The van der Waals surface area contributed by atoms with Crippen LogP contribution in [0.25, 0.3) is 0 Å². The molecule has 0 saturated carbocycles. The summed E-state index contributed by atoms with van der Waals surface area (Å²) in [4.78, 5) is 16.6. The van der Waals surface area contributed by atoms with Gasteiger partial charge in [-0.3, -0.25) is 4.79 Å². The third-order valence-corrected chi connectivity index (χ3v) is 4.68. The van der Waals surface area contributed by atoms with Crippen LogP contribution in [0.15, 0.2) is 44.5 Å². The van der Waals surface area contributed by atoms with Crippen LogP contribution in [0.5, 0.6) is 0 Å². The first-order valence-corrected chi connectivity index (χ1v) is 9.91. The van der Waals surface area contributed by atoms with Gasteiger partial charge in [0.15, 0.2) is 5.96 Å². The van der Waals surface area contributed by atoms with Gasteiger partial charge in [-0.05, 0) is 60.0 Å². The average Bonchev–Trinajstić information content (AvgIpc) is 3.09. The zero-order valence-electron chi connectivity index (χ0n) is 14.4. The Bertz CT molecular complexity index is 716. The Morgan fingerprint density at radius 2 is 2.12 bits per heavy atom. The minimum absolute atomic E-state index is 0.0217. The number of carbonyl (C=O) groups excluding carboxylic acids is 1. The minimum Gasteiger partial charge on any atom is -0.357 e. The van der Waals surface area contributed by atoms with Crippen molar-refractivity contribution in [3.8, 4) is 0 Å². The number of hydrogen-bond donors (Lipinski definition) is 3. The quantitative estimate of drug-likeness (QED) is 0.468. The van der Waals surface area contributed by atoms with Gasteiger partial charge in [0.05, 0.1) is 6.54 Å². The van der Waals surface area contributed by atoms with Gasteiger partial charge in [-0.15, -0.1) is 0 Å². The molecule has 3 N–H and O–H groups in total. The van der Waals surface area contributed by atoms with Crippen LogP contribution in [0.1, 0.15) is 24.5 Å². The lowest BCUT2D eigenvalue weighted by Gasteiger charge is -2.12. The maximum atomic E-state index is 12.1. The second-order valence-corrected chi connectivity index (χ2v) is 7.21. The molecule has 0 radical (unpaired) electrons. The second kappa shape index (κ2) is 10.2. The van der Waals surface area contributed by atoms with E-state index in [4.69, 9.17) is 0 Å². The van der Waals surface area contributed by atoms with Gasteiger partial charge < -0.3 is 16.0 Å². The molecule has 0 unspecified atom stereocenters. The van der Waals surface area contributed by atoms with Gasteiger partial charge in [-0.1, -0.05) is 15.9 Å². The van der Waals surface area contributed by atoms with Crippen LogP contribution in [0, 0.1) is 6.92 Å². The predicted molar refractivity (Wildman–Crippen MR) is 109 cm³/mol. The number of nitrogens with one attached hydrogen (secondary N) is 3. The van der Waals surface area contributed by atoms with Crippen LogP contribution >= 0.6 is 27.3 Å². The summed E-state index contributed by atoms with van der Waals surface area (Å²) in [6, 6.07) is 7.86. The molecule has 1 heterocycles. The largest absolute Gasteiger partial charge is 0.357 e. The fraction of sp³-hybridized carbons (Fsp3) is 0.333. The van der Waals surface area contributed by atoms with Crippen molar-refractivity contribution in [1.82, 2.24) is 10.6 Å². The van der Waals surface area contributed by atoms with E-state index in [1.54, 1.807) is 11.3 Å². The molecule has 5 nitrogen and oxygen atoms in total. The SMILES string of the molecule is CCNC(=NCc1ccsc1)NCCC(=O)Nc1ccc(Br)cc1C. The molecule has 1 aromatic carbocycles. The lowest BCUT2D eigenvalue weighted by atomic mass is 10.2. The van der Waals surface area contributed by atoms with Crippen LogP contribution in [0.4, 0.5) is 5.69 Å². The number of hydrogen-bond acceptors (Lipinski definition) is 3. The molecule has 0 bridgehead atoms. The van der Waals surface area contributed by atoms with Crippen LogP contribution in [-0.4, -0.2) is 25.0 Å². The van der Waals surface area contributed by atoms with E-state index in [0.29, 0.717) is 19.5 Å². The number of thiophene rings is 1. The molecule has 7 heteroatoms. The zero-order chi connectivity index (χ0) is 18.1. The number of aliphatic imine (C=N–C) groups is 1. The number of nitrogens with zero attached hydrogens (tertiary/aromatic N) is 1. The fourth-order valence-corrected chi connectivity index (χ4v) is 3.30. The van der Waals surface area contributed by atoms with Crippen molar-refractivity contribution in [1.29, 1.82) is 0 Å². The normalized spacial score (nSPS) is 11.2. The fourth-order valence-electron chi connectivity index (χ4n) is 2.17. The summed E-state index contributed by atoms with van der Waals surface area (Å²) in [6.07, 6.45) is 0.373. The molecular formula is C18H23BrN4OS. The smallest absolute Gasteiger partial charge is 0.226 e. The first-order chi connectivity index (χ1) is 12.1. The van der Waals surface area contributed by atoms with Crippen LogP contribution in [0.2, 0.25) is 0 Å². The first-order valence-electron chi connectivity index (χ1n) is 8.17. The van der Waals surface area contributed by atoms with Gasteiger partial charge in [0.25, 0.3) is 0 Å². The minimum atomic E-state index is -0.0217. The molecule has 0 aliphatic rings. The lowest BCUT2D eigenvalue weighted by Crippen LogP contribution is -2.38. The number of anilines is 1. The molecule has 0 aliphatic heterocycles. The third-order valence-electron chi connectivity index (χ3n) is 3.45. The van der Waals surface area contributed by atoms with E-state index in [1.807, 2.05) is 37.4 Å². The molecule has 134 valence electrons. The van der Waals surface area contributed by atoms with Gasteiger partial charge in [0.1, 0.15) is 0 Å². The summed E-state index contributed by atoms with van der Waals surface area (Å²) in [5.74, 6) is 0.702. The summed E-state index contributed by atoms with van der Waals surface area (Å²) in [5.41, 5.74) is 3.05. The van der Waals surface area contributed by atoms with E-state index < -0.39 is 0 Å². The molecule has 1 aromatic heterocycles. The first kappa shape index (κ1) is 19.5. The highest BCUT2D eigenvalue weighted by Gasteiger charge is 2.06. The van der Waals surface area contributed by atoms with Gasteiger partial charge >= 0.3 is 0 Å². The van der Waals surface area contributed by atoms with Crippen molar-refractivity contribution >= 4 is 44.8 Å². The molecule has 2 aromatic rings. The van der Waals surface area contributed by atoms with Crippen molar-refractivity contribution in [2.75, 3.05) is 18.4 Å². The number of halogens is 1. The third kappa shape index (κ3) is 6.88. The number of aryl methyl sites for hydroxylation is 1. The van der Waals surface area contributed by atoms with E-state index in [-0.39, 0.29) is 5.91 Å². The van der Waals surface area contributed by atoms with Gasteiger partial charge in [0.2, 0.25) is 5.91 Å². The Labute approximate surface area is 161 Å². The van der Waals surface area contributed by atoms with E-state index in [1.165, 1.54) is 5.56 Å². The van der Waals surface area contributed by atoms with Gasteiger partial charge in [0, 0.05) is 29.7 Å². The number of rotatable bonds is 7. The maximum Gasteiger partial charge on any atom is 0.226 e. The van der Waals surface area contributed by atoms with Crippen molar-refractivity contribution in [2.24, 2.45) is 4.99 Å². The van der Waals surface area contributed by atoms with Crippen molar-refractivity contribution in [3.63, 3.8) is 0 Å². The maximum absolute atomic E-state index is 12.1. The summed E-state index contributed by atoms with van der Waals surface area (Å²) in [7, 11) is 0. The Morgan fingerprint density at radius 3 is 2.80 bits per heavy atom. The topological polar surface area (TPSA) is 65.5 Å². The molecule has 0 saturated heterocycles. The van der Waals surface area contributed by atoms with Gasteiger partial charge in [-0.25, -0.2) is 4.99 Å². The van der Waals surface area contributed by atoms with Crippen LogP contribution in [0.3, 0.4) is 0 Å². The Balaban J connectivity index is 1.80. The van der Waals surface area contributed by atoms with Crippen molar-refractivity contribution in [3.05, 3.63) is 50.6 Å². The number of carbonyl (C=O) groups is 1. The zero-order valence-corrected chi connectivity index (χ0v) is 16.8. The average molecular weight is 423 g/mol. The van der Waals surface area contributed by atoms with E-state index >= 15 is 0 Å². The summed E-state index contributed by atoms with van der Waals surface area (Å²) in [5, 5.41) is 13.5. The van der Waals surface area contributed by atoms with Crippen molar-refractivity contribution in [2.45, 2.75) is 26.8 Å². The highest BCUT2D eigenvalue weighted by molar-refractivity contribution is 9.10. The van der Waals surface area contributed by atoms with Crippen LogP contribution in [-0.2, 0) is 11.3 Å². The molecule has 0 aliphatic carbocycles. The molecular weight excluding hydrogens is 400 g/mol. The molecule has 25 heavy (non-hydrogen) atoms. The standard InChI is InChI=1S/C18H23BrN4OS/c1-3-20-18(22-11-14-7-9-25-12-14)21-8-6-17(24)23-16-5-4-15(19)10-13(16)2/h4-5,7,9-10,12H,3,6,8,11H2,1-2H3,(H,23,24)(H2,20,21,22).